The predicted molar refractivity (Wildman–Crippen MR) is 154 cm³/mol. The van der Waals surface area contributed by atoms with E-state index in [-0.39, 0.29) is 11.7 Å². The number of hydrogen-bond acceptors (Lipinski definition) is 8. The molecule has 0 radical (unpaired) electrons. The number of anilines is 1. The summed E-state index contributed by atoms with van der Waals surface area (Å²) in [4.78, 5) is 8.63. The molecule has 1 saturated heterocycles. The molecule has 1 unspecified atom stereocenters. The number of nitrogens with one attached hydrogen (secondary N) is 1. The van der Waals surface area contributed by atoms with Gasteiger partial charge < -0.3 is 15.2 Å². The van der Waals surface area contributed by atoms with E-state index >= 15 is 0 Å². The van der Waals surface area contributed by atoms with E-state index in [4.69, 9.17) is 10.5 Å². The second-order valence-corrected chi connectivity index (χ2v) is 10.4. The topological polar surface area (TPSA) is 94.1 Å². The quantitative estimate of drug-likeness (QED) is 0.203. The molecule has 4 heterocycles. The molecular formula is C27H26BrF2N7OS. The van der Waals surface area contributed by atoms with Gasteiger partial charge in [-0.15, -0.1) is 0 Å². The fourth-order valence-corrected chi connectivity index (χ4v) is 5.13. The van der Waals surface area contributed by atoms with Crippen LogP contribution in [0, 0.1) is 11.6 Å². The Morgan fingerprint density at radius 2 is 2.03 bits per heavy atom. The first kappa shape index (κ1) is 27.3. The molecular weight excluding hydrogens is 588 g/mol. The smallest absolute Gasteiger partial charge is 0.152 e. The van der Waals surface area contributed by atoms with E-state index in [0.717, 1.165) is 29.9 Å². The molecule has 1 aromatic carbocycles. The number of rotatable bonds is 8. The zero-order chi connectivity index (χ0) is 27.4. The number of ether oxygens (including phenoxy) is 1. The van der Waals surface area contributed by atoms with Gasteiger partial charge in [0.15, 0.2) is 5.82 Å². The number of aromatic nitrogens is 4. The molecule has 0 bridgehead atoms. The summed E-state index contributed by atoms with van der Waals surface area (Å²) >= 11 is 4.98. The van der Waals surface area contributed by atoms with Crippen LogP contribution < -0.4 is 10.5 Å². The summed E-state index contributed by atoms with van der Waals surface area (Å²) < 4.78 is 40.8. The molecule has 3 aromatic heterocycles. The molecule has 0 aliphatic carbocycles. The largest absolute Gasteiger partial charge is 0.404 e. The Kier molecular flexibility index (Phi) is 8.56. The maximum Gasteiger partial charge on any atom is 0.152 e. The van der Waals surface area contributed by atoms with Gasteiger partial charge in [-0.25, -0.2) is 12.7 Å². The van der Waals surface area contributed by atoms with E-state index in [9.17, 15) is 8.78 Å². The van der Waals surface area contributed by atoms with Crippen LogP contribution in [0.4, 0.5) is 14.5 Å². The van der Waals surface area contributed by atoms with Crippen molar-refractivity contribution >= 4 is 39.4 Å². The number of benzene rings is 1. The highest BCUT2D eigenvalue weighted by molar-refractivity contribution is 9.07. The van der Waals surface area contributed by atoms with Crippen molar-refractivity contribution in [3.63, 3.8) is 0 Å². The molecule has 39 heavy (non-hydrogen) atoms. The van der Waals surface area contributed by atoms with E-state index in [0.29, 0.717) is 47.8 Å². The van der Waals surface area contributed by atoms with Gasteiger partial charge in [-0.1, -0.05) is 18.0 Å². The van der Waals surface area contributed by atoms with Crippen LogP contribution in [0.25, 0.3) is 28.0 Å². The number of halogens is 3. The van der Waals surface area contributed by atoms with Crippen LogP contribution in [0.1, 0.15) is 11.3 Å². The Morgan fingerprint density at radius 1 is 1.15 bits per heavy atom. The molecule has 1 aliphatic rings. The highest BCUT2D eigenvalue weighted by atomic mass is 79.9. The third kappa shape index (κ3) is 6.30. The average molecular weight is 615 g/mol. The Balaban J connectivity index is 1.40. The summed E-state index contributed by atoms with van der Waals surface area (Å²) in [5, 5.41) is 4.51. The van der Waals surface area contributed by atoms with Crippen LogP contribution in [-0.4, -0.2) is 55.7 Å². The zero-order valence-electron chi connectivity index (χ0n) is 21.0. The lowest BCUT2D eigenvalue weighted by Crippen LogP contribution is -2.41. The predicted octanol–water partition coefficient (Wildman–Crippen LogP) is 5.33. The summed E-state index contributed by atoms with van der Waals surface area (Å²) in [6, 6.07) is 10.3. The summed E-state index contributed by atoms with van der Waals surface area (Å²) in [6.07, 6.45) is 9.91. The van der Waals surface area contributed by atoms with E-state index in [2.05, 4.69) is 39.9 Å². The van der Waals surface area contributed by atoms with Gasteiger partial charge >= 0.3 is 0 Å². The fraction of sp³-hybridized carbons (Fsp3) is 0.222. The van der Waals surface area contributed by atoms with Crippen LogP contribution >= 0.6 is 28.1 Å². The first-order valence-corrected chi connectivity index (χ1v) is 14.1. The Morgan fingerprint density at radius 3 is 2.74 bits per heavy atom. The van der Waals surface area contributed by atoms with Gasteiger partial charge in [0.25, 0.3) is 0 Å². The van der Waals surface area contributed by atoms with E-state index < -0.39 is 11.6 Å². The molecule has 202 valence electrons. The minimum atomic E-state index is -0.747. The van der Waals surface area contributed by atoms with Crippen molar-refractivity contribution in [2.75, 3.05) is 30.7 Å². The maximum absolute atomic E-state index is 14.6. The van der Waals surface area contributed by atoms with Crippen LogP contribution in [-0.2, 0) is 11.3 Å². The monoisotopic (exact) mass is 613 g/mol. The summed E-state index contributed by atoms with van der Waals surface area (Å²) in [7, 11) is 0. The lowest BCUT2D eigenvalue weighted by Gasteiger charge is -2.30. The molecule has 3 N–H and O–H groups in total. The van der Waals surface area contributed by atoms with Crippen molar-refractivity contribution in [2.24, 2.45) is 5.73 Å². The second kappa shape index (κ2) is 12.2. The van der Waals surface area contributed by atoms with Gasteiger partial charge in [0.2, 0.25) is 0 Å². The molecule has 4 aromatic rings. The van der Waals surface area contributed by atoms with Gasteiger partial charge in [-0.3, -0.25) is 14.6 Å². The molecule has 12 heteroatoms. The average Bonchev–Trinajstić information content (AvgIpc) is 3.39. The minimum Gasteiger partial charge on any atom is -0.404 e. The van der Waals surface area contributed by atoms with E-state index in [1.54, 1.807) is 18.3 Å². The van der Waals surface area contributed by atoms with Crippen LogP contribution in [0.5, 0.6) is 0 Å². The van der Waals surface area contributed by atoms with Crippen molar-refractivity contribution < 1.29 is 13.5 Å². The zero-order valence-corrected chi connectivity index (χ0v) is 23.4. The SMILES string of the molecule is CSNc1cc(C(=CN)c2ccc(-c3cnn(CC4COCCN4Br)c3)cn2)cc(-c2ncc(F)cc2F)c1. The highest BCUT2D eigenvalue weighted by Crippen LogP contribution is 2.32. The Labute approximate surface area is 237 Å². The summed E-state index contributed by atoms with van der Waals surface area (Å²) in [5.41, 5.74) is 11.1. The Bertz CT molecular complexity index is 1480. The summed E-state index contributed by atoms with van der Waals surface area (Å²) in [5.74, 6) is -1.48. The van der Waals surface area contributed by atoms with E-state index in [1.807, 2.05) is 41.5 Å². The Hall–Kier alpha value is -3.32. The van der Waals surface area contributed by atoms with Crippen molar-refractivity contribution in [3.8, 4) is 22.4 Å². The second-order valence-electron chi connectivity index (χ2n) is 8.90. The molecule has 1 aliphatic heterocycles. The van der Waals surface area contributed by atoms with Gasteiger partial charge in [0.05, 0.1) is 43.9 Å². The van der Waals surface area contributed by atoms with Crippen molar-refractivity contribution in [1.29, 1.82) is 0 Å². The van der Waals surface area contributed by atoms with Crippen molar-refractivity contribution in [3.05, 3.63) is 90.3 Å². The fourth-order valence-electron chi connectivity index (χ4n) is 4.38. The van der Waals surface area contributed by atoms with E-state index in [1.165, 1.54) is 18.1 Å². The van der Waals surface area contributed by atoms with Gasteiger partial charge in [-0.05, 0) is 29.8 Å². The van der Waals surface area contributed by atoms with Crippen LogP contribution in [0.15, 0.2) is 67.4 Å². The molecule has 1 atom stereocenters. The minimum absolute atomic E-state index is 0.0434. The molecule has 8 nitrogen and oxygen atoms in total. The normalized spacial score (nSPS) is 16.4. The van der Waals surface area contributed by atoms with Crippen molar-refractivity contribution in [2.45, 2.75) is 12.6 Å². The molecule has 0 amide bonds. The number of nitrogens with zero attached hydrogens (tertiary/aromatic N) is 5. The lowest BCUT2D eigenvalue weighted by molar-refractivity contribution is 0.0333. The first-order valence-electron chi connectivity index (χ1n) is 12.1. The standard InChI is InChI=1S/C27H26BrF2N7OS/c1-39-35-22-7-18(6-19(8-22)27-25(30)9-21(29)13-33-27)24(10-31)26-3-2-17(11-32-26)20-12-34-36(14-20)15-23-16-38-5-4-37(23)28/h2-3,6-14,23,35H,4-5,15-16,31H2,1H3. The number of morpholine rings is 1. The third-order valence-corrected chi connectivity index (χ3v) is 7.64. The maximum atomic E-state index is 14.6. The lowest BCUT2D eigenvalue weighted by atomic mass is 9.98. The van der Waals surface area contributed by atoms with Gasteiger partial charge in [-0.2, -0.15) is 5.10 Å². The summed E-state index contributed by atoms with van der Waals surface area (Å²) in [6.45, 7) is 2.88. The third-order valence-electron chi connectivity index (χ3n) is 6.27. The number of pyridine rings is 2. The number of hydrogen-bond donors (Lipinski definition) is 2. The van der Waals surface area contributed by atoms with Gasteiger partial charge in [0.1, 0.15) is 11.5 Å². The first-order chi connectivity index (χ1) is 18.9. The molecule has 5 rings (SSSR count). The highest BCUT2D eigenvalue weighted by Gasteiger charge is 2.22. The van der Waals surface area contributed by atoms with Crippen molar-refractivity contribution in [1.82, 2.24) is 23.7 Å². The molecule has 0 spiro atoms. The van der Waals surface area contributed by atoms with Crippen LogP contribution in [0.3, 0.4) is 0 Å². The molecule has 0 saturated carbocycles. The molecule has 1 fully saturated rings. The van der Waals surface area contributed by atoms with Crippen LogP contribution in [0.2, 0.25) is 0 Å². The number of nitrogens with two attached hydrogens (primary N) is 1. The van der Waals surface area contributed by atoms with Gasteiger partial charge in [0, 0.05) is 81.6 Å².